The Morgan fingerprint density at radius 3 is 2.00 bits per heavy atom. The second kappa shape index (κ2) is 20.3. The number of hydrogen-bond acceptors (Lipinski definition) is 18. The van der Waals surface area contributed by atoms with E-state index in [9.17, 15) is 55.9 Å². The van der Waals surface area contributed by atoms with Crippen molar-refractivity contribution >= 4 is 11.9 Å². The van der Waals surface area contributed by atoms with Gasteiger partial charge in [-0.1, -0.05) is 66.5 Å². The van der Waals surface area contributed by atoms with Gasteiger partial charge < -0.3 is 84.8 Å². The highest BCUT2D eigenvalue weighted by Gasteiger charge is 2.70. The summed E-state index contributed by atoms with van der Waals surface area (Å²) in [7, 11) is 0. The molecular weight excluding hydrogens is 915 g/mol. The molecule has 3 aliphatic heterocycles. The quantitative estimate of drug-likeness (QED) is 0.0908. The van der Waals surface area contributed by atoms with Crippen LogP contribution in [0.15, 0.2) is 11.1 Å². The highest BCUT2D eigenvalue weighted by molar-refractivity contribution is 5.84. The molecule has 7 rings (SSSR count). The van der Waals surface area contributed by atoms with Crippen LogP contribution in [-0.4, -0.2) is 180 Å². The van der Waals surface area contributed by atoms with Gasteiger partial charge in [-0.05, 0) is 111 Å². The summed E-state index contributed by atoms with van der Waals surface area (Å²) in [4.78, 5) is 27.6. The van der Waals surface area contributed by atoms with Crippen LogP contribution in [-0.2, 0) is 38.0 Å². The van der Waals surface area contributed by atoms with Crippen molar-refractivity contribution in [3.8, 4) is 0 Å². The maximum Gasteiger partial charge on any atom is 0.319 e. The van der Waals surface area contributed by atoms with E-state index in [1.54, 1.807) is 0 Å². The molecule has 5 fully saturated rings. The number of carbonyl (C=O) groups is 2. The number of amides is 1. The molecule has 0 bridgehead atoms. The number of hydrogen-bond donors (Lipinski definition) is 11. The normalized spacial score (nSPS) is 46.5. The fourth-order valence-electron chi connectivity index (χ4n) is 14.3. The van der Waals surface area contributed by atoms with Gasteiger partial charge in [-0.3, -0.25) is 9.59 Å². The van der Waals surface area contributed by atoms with Gasteiger partial charge in [0.15, 0.2) is 12.6 Å². The van der Waals surface area contributed by atoms with Crippen molar-refractivity contribution in [2.24, 2.45) is 44.8 Å². The molecule has 22 unspecified atom stereocenters. The highest BCUT2D eigenvalue weighted by Crippen LogP contribution is 2.73. The summed E-state index contributed by atoms with van der Waals surface area (Å²) in [5.41, 5.74) is -1.76. The molecule has 4 aliphatic carbocycles. The number of aliphatic hydroxyl groups is 10. The fraction of sp³-hybridized carbons (Fsp3) is 0.922. The molecule has 11 N–H and O–H groups in total. The lowest BCUT2D eigenvalue weighted by atomic mass is 9.43. The average Bonchev–Trinajstić information content (AvgIpc) is 3.62. The Labute approximate surface area is 412 Å². The molecule has 19 nitrogen and oxygen atoms in total. The first-order valence-corrected chi connectivity index (χ1v) is 25.7. The molecule has 0 aromatic carbocycles. The maximum absolute atomic E-state index is 15.4. The lowest BCUT2D eigenvalue weighted by Gasteiger charge is -2.62. The third-order valence-electron chi connectivity index (χ3n) is 19.3. The summed E-state index contributed by atoms with van der Waals surface area (Å²) in [6, 6.07) is -1.37. The molecule has 1 amide bonds. The lowest BCUT2D eigenvalue weighted by Crippen LogP contribution is -2.68. The first-order chi connectivity index (χ1) is 32.5. The Hall–Kier alpha value is -1.92. The Morgan fingerprint density at radius 1 is 0.757 bits per heavy atom. The molecular formula is C51H85NO18. The third kappa shape index (κ3) is 9.45. The van der Waals surface area contributed by atoms with Crippen molar-refractivity contribution in [1.29, 1.82) is 0 Å². The van der Waals surface area contributed by atoms with E-state index in [0.29, 0.717) is 44.9 Å². The number of allylic oxidation sites excluding steroid dienone is 1. The fourth-order valence-corrected chi connectivity index (χ4v) is 14.3. The van der Waals surface area contributed by atoms with Crippen LogP contribution in [0.5, 0.6) is 0 Å². The van der Waals surface area contributed by atoms with Crippen molar-refractivity contribution in [3.05, 3.63) is 11.1 Å². The first kappa shape index (κ1) is 55.8. The van der Waals surface area contributed by atoms with Gasteiger partial charge in [-0.15, -0.1) is 0 Å². The van der Waals surface area contributed by atoms with Crippen LogP contribution in [0.1, 0.15) is 133 Å². The second-order valence-corrected chi connectivity index (χ2v) is 24.4. The standard InChI is InChI=1S/C51H85NO18/c1-24(13-19-50(10,64)46(3,4)5)26-15-20-51(45(63)70-43-40(62)35(57)29(56)23-65-43)28-11-12-32-47(6,7)33(16-17-48(32,8)27(28)14-18-49(26,51)9)68-44-41(39(61)37(59)31(22-54)67-44)69-42-34(52-25(2)55)38(60)36(58)30(21-53)66-42/h24,26,29-44,53-54,56-62,64H,11-23H2,1-10H3,(H,52,55). The lowest BCUT2D eigenvalue weighted by molar-refractivity contribution is -0.367. The predicted octanol–water partition coefficient (Wildman–Crippen LogP) is 1.06. The molecule has 7 aliphatic rings. The van der Waals surface area contributed by atoms with Crippen LogP contribution in [0.4, 0.5) is 0 Å². The van der Waals surface area contributed by atoms with Gasteiger partial charge >= 0.3 is 5.97 Å². The Kier molecular flexibility index (Phi) is 16.2. The number of fused-ring (bicyclic) bond motifs is 4. The molecule has 22 atom stereocenters. The molecule has 0 radical (unpaired) electrons. The maximum atomic E-state index is 15.4. The predicted molar refractivity (Wildman–Crippen MR) is 249 cm³/mol. The monoisotopic (exact) mass is 1000 g/mol. The van der Waals surface area contributed by atoms with Crippen molar-refractivity contribution in [3.63, 3.8) is 0 Å². The largest absolute Gasteiger partial charge is 0.432 e. The zero-order chi connectivity index (χ0) is 51.8. The van der Waals surface area contributed by atoms with E-state index in [4.69, 9.17) is 28.4 Å². The van der Waals surface area contributed by atoms with Crippen LogP contribution >= 0.6 is 0 Å². The Balaban J connectivity index is 1.20. The summed E-state index contributed by atoms with van der Waals surface area (Å²) in [6.07, 6.45) is -14.1. The molecule has 19 heteroatoms. The molecule has 3 heterocycles. The number of carbonyl (C=O) groups excluding carboxylic acids is 2. The minimum Gasteiger partial charge on any atom is -0.432 e. The minimum atomic E-state index is -1.72. The number of aliphatic hydroxyl groups excluding tert-OH is 9. The van der Waals surface area contributed by atoms with Crippen LogP contribution in [0, 0.1) is 44.8 Å². The molecule has 0 aromatic rings. The zero-order valence-electron chi connectivity index (χ0n) is 42.8. The minimum absolute atomic E-state index is 0.0225. The van der Waals surface area contributed by atoms with Gasteiger partial charge in [0.25, 0.3) is 0 Å². The van der Waals surface area contributed by atoms with E-state index in [1.807, 2.05) is 27.7 Å². The average molecular weight is 1000 g/mol. The van der Waals surface area contributed by atoms with Crippen molar-refractivity contribution in [2.45, 2.75) is 231 Å². The summed E-state index contributed by atoms with van der Waals surface area (Å²) >= 11 is 0. The van der Waals surface area contributed by atoms with Gasteiger partial charge in [0.1, 0.15) is 67.1 Å². The van der Waals surface area contributed by atoms with Gasteiger partial charge in [-0.25, -0.2) is 0 Å². The summed E-state index contributed by atoms with van der Waals surface area (Å²) in [5.74, 6) is -0.909. The number of esters is 1. The van der Waals surface area contributed by atoms with E-state index in [-0.39, 0.29) is 29.8 Å². The van der Waals surface area contributed by atoms with Crippen molar-refractivity contribution < 1.29 is 89.1 Å². The zero-order valence-corrected chi connectivity index (χ0v) is 42.8. The number of ether oxygens (including phenoxy) is 6. The Morgan fingerprint density at radius 2 is 1.39 bits per heavy atom. The smallest absolute Gasteiger partial charge is 0.319 e. The highest BCUT2D eigenvalue weighted by atomic mass is 16.8. The molecule has 402 valence electrons. The molecule has 2 saturated carbocycles. The van der Waals surface area contributed by atoms with E-state index in [0.717, 1.165) is 24.8 Å². The molecule has 0 aromatic heterocycles. The van der Waals surface area contributed by atoms with E-state index in [1.165, 1.54) is 12.5 Å². The van der Waals surface area contributed by atoms with E-state index < -0.39 is 144 Å². The van der Waals surface area contributed by atoms with Gasteiger partial charge in [0, 0.05) is 6.92 Å². The number of nitrogens with one attached hydrogen (secondary N) is 1. The molecule has 70 heavy (non-hydrogen) atoms. The Bertz CT molecular complexity index is 1910. The number of rotatable bonds is 13. The SMILES string of the molecule is CC(=O)NC1C(OC2C(OC3CCC4(C)C5=C(CCC4C3(C)C)C3(C(=O)OC4OCC(O)C(O)C4O)CCC(C(C)CCC(C)(O)C(C)(C)C)C3(C)CC5)OC(CO)C(O)C2O)OC(CO)C(O)C1O. The van der Waals surface area contributed by atoms with E-state index >= 15 is 4.79 Å². The van der Waals surface area contributed by atoms with Gasteiger partial charge in [0.2, 0.25) is 12.2 Å². The molecule has 3 saturated heterocycles. The van der Waals surface area contributed by atoms with Crippen LogP contribution in [0.25, 0.3) is 0 Å². The van der Waals surface area contributed by atoms with Crippen molar-refractivity contribution in [1.82, 2.24) is 5.32 Å². The van der Waals surface area contributed by atoms with Crippen molar-refractivity contribution in [2.75, 3.05) is 19.8 Å². The topological polar surface area (TPSA) is 304 Å². The van der Waals surface area contributed by atoms with Gasteiger partial charge in [0.05, 0.1) is 36.9 Å². The second-order valence-electron chi connectivity index (χ2n) is 24.4. The van der Waals surface area contributed by atoms with E-state index in [2.05, 4.69) is 39.9 Å². The van der Waals surface area contributed by atoms with Crippen LogP contribution < -0.4 is 5.32 Å². The molecule has 0 spiro atoms. The third-order valence-corrected chi connectivity index (χ3v) is 19.3. The van der Waals surface area contributed by atoms with Crippen LogP contribution in [0.2, 0.25) is 0 Å². The summed E-state index contributed by atoms with van der Waals surface area (Å²) < 4.78 is 36.9. The summed E-state index contributed by atoms with van der Waals surface area (Å²) in [5, 5.41) is 110. The first-order valence-electron chi connectivity index (χ1n) is 25.7. The van der Waals surface area contributed by atoms with Gasteiger partial charge in [-0.2, -0.15) is 0 Å². The van der Waals surface area contributed by atoms with Crippen LogP contribution in [0.3, 0.4) is 0 Å². The summed E-state index contributed by atoms with van der Waals surface area (Å²) in [6.45, 7) is 18.4.